The Morgan fingerprint density at radius 1 is 0.951 bits per heavy atom. The molecule has 41 heavy (non-hydrogen) atoms. The van der Waals surface area contributed by atoms with Crippen LogP contribution in [0.3, 0.4) is 0 Å². The molecule has 208 valence electrons. The average Bonchev–Trinajstić information content (AvgIpc) is 2.94. The number of rotatable bonds is 7. The van der Waals surface area contributed by atoms with Gasteiger partial charge in [0.1, 0.15) is 22.6 Å². The van der Waals surface area contributed by atoms with Crippen molar-refractivity contribution in [2.45, 2.75) is 13.8 Å². The van der Waals surface area contributed by atoms with Crippen LogP contribution >= 0.6 is 0 Å². The monoisotopic (exact) mass is 559 g/mol. The largest absolute Gasteiger partial charge is 0.491 e. The Morgan fingerprint density at radius 2 is 1.76 bits per heavy atom. The molecule has 0 saturated carbocycles. The summed E-state index contributed by atoms with van der Waals surface area (Å²) >= 11 is 0. The molecule has 0 aliphatic rings. The number of hydrogen-bond acceptors (Lipinski definition) is 8. The van der Waals surface area contributed by atoms with Gasteiger partial charge in [-0.2, -0.15) is 5.10 Å². The maximum atomic E-state index is 15.1. The standard InChI is InChI=1S/C29H23F2N5O5/c1-14-11-16(30)5-7-18(14)25-27(37)24(15(2)35-36-25)28(38)33-17-6-8-21(19(31)12-17)41-22-9-10-32-20-13-23(39-3)29(40-4)34-26(20)22/h5-13H,1-4H3,(H,33,38)(H,35,37). The number of hydrogen-bond donors (Lipinski definition) is 2. The fourth-order valence-corrected chi connectivity index (χ4v) is 4.24. The van der Waals surface area contributed by atoms with Crippen molar-refractivity contribution in [3.63, 3.8) is 0 Å². The SMILES string of the molecule is COc1cc2nccc(Oc3ccc(NC(=O)c4c(C)[nH]nc(-c5ccc(F)cc5C)c4=O)cc3F)c2nc1OC. The third-order valence-electron chi connectivity index (χ3n) is 6.25. The number of fused-ring (bicyclic) bond motifs is 1. The molecule has 0 fully saturated rings. The normalized spacial score (nSPS) is 10.9. The van der Waals surface area contributed by atoms with Gasteiger partial charge in [0.25, 0.3) is 11.8 Å². The molecule has 0 aliphatic heterocycles. The van der Waals surface area contributed by atoms with Crippen molar-refractivity contribution in [1.29, 1.82) is 0 Å². The van der Waals surface area contributed by atoms with Crippen LogP contribution < -0.4 is 25.0 Å². The van der Waals surface area contributed by atoms with Gasteiger partial charge < -0.3 is 19.5 Å². The summed E-state index contributed by atoms with van der Waals surface area (Å²) in [7, 11) is 2.91. The number of nitrogens with one attached hydrogen (secondary N) is 2. The molecule has 0 unspecified atom stereocenters. The van der Waals surface area contributed by atoms with Gasteiger partial charge in [-0.25, -0.2) is 13.8 Å². The first kappa shape index (κ1) is 27.2. The quantitative estimate of drug-likeness (QED) is 0.274. The molecule has 5 rings (SSSR count). The van der Waals surface area contributed by atoms with E-state index in [1.807, 2.05) is 0 Å². The Kier molecular flexibility index (Phi) is 7.30. The second-order valence-corrected chi connectivity index (χ2v) is 8.94. The molecule has 0 aliphatic carbocycles. The summed E-state index contributed by atoms with van der Waals surface area (Å²) in [5, 5.41) is 9.26. The lowest BCUT2D eigenvalue weighted by Crippen LogP contribution is -2.26. The van der Waals surface area contributed by atoms with Crippen LogP contribution in [0.5, 0.6) is 23.1 Å². The number of halogens is 2. The van der Waals surface area contributed by atoms with E-state index in [4.69, 9.17) is 14.2 Å². The van der Waals surface area contributed by atoms with Crippen molar-refractivity contribution < 1.29 is 27.8 Å². The van der Waals surface area contributed by atoms with Crippen LogP contribution in [0.15, 0.2) is 59.5 Å². The Labute approximate surface area is 232 Å². The van der Waals surface area contributed by atoms with Gasteiger partial charge in [-0.3, -0.25) is 19.7 Å². The summed E-state index contributed by atoms with van der Waals surface area (Å²) < 4.78 is 45.0. The van der Waals surface area contributed by atoms with E-state index in [0.717, 1.165) is 6.07 Å². The van der Waals surface area contributed by atoms with Gasteiger partial charge in [0.15, 0.2) is 23.1 Å². The molecule has 0 spiro atoms. The second kappa shape index (κ2) is 11.0. The van der Waals surface area contributed by atoms with Gasteiger partial charge in [-0.1, -0.05) is 0 Å². The Morgan fingerprint density at radius 3 is 2.46 bits per heavy atom. The van der Waals surface area contributed by atoms with Crippen molar-refractivity contribution >= 4 is 22.6 Å². The molecule has 2 aromatic carbocycles. The molecule has 3 aromatic heterocycles. The van der Waals surface area contributed by atoms with E-state index < -0.39 is 23.0 Å². The predicted molar refractivity (Wildman–Crippen MR) is 147 cm³/mol. The highest BCUT2D eigenvalue weighted by Gasteiger charge is 2.21. The van der Waals surface area contributed by atoms with Gasteiger partial charge in [0, 0.05) is 41.3 Å². The molecule has 0 radical (unpaired) electrons. The summed E-state index contributed by atoms with van der Waals surface area (Å²) in [6, 6.07) is 10.8. The maximum Gasteiger partial charge on any atom is 0.261 e. The topological polar surface area (TPSA) is 128 Å². The van der Waals surface area contributed by atoms with E-state index in [-0.39, 0.29) is 40.0 Å². The van der Waals surface area contributed by atoms with Crippen molar-refractivity contribution in [2.24, 2.45) is 0 Å². The van der Waals surface area contributed by atoms with E-state index in [1.54, 1.807) is 13.0 Å². The molecule has 12 heteroatoms. The zero-order valence-corrected chi connectivity index (χ0v) is 22.3. The fourth-order valence-electron chi connectivity index (χ4n) is 4.24. The zero-order chi connectivity index (χ0) is 29.3. The molecule has 3 heterocycles. The molecule has 1 amide bonds. The van der Waals surface area contributed by atoms with Crippen LogP contribution in [0.25, 0.3) is 22.3 Å². The number of aryl methyl sites for hydroxylation is 2. The summed E-state index contributed by atoms with van der Waals surface area (Å²) in [4.78, 5) is 34.9. The molecule has 0 bridgehead atoms. The lowest BCUT2D eigenvalue weighted by Gasteiger charge is -2.13. The number of methoxy groups -OCH3 is 2. The highest BCUT2D eigenvalue weighted by atomic mass is 19.1. The number of anilines is 1. The smallest absolute Gasteiger partial charge is 0.261 e. The van der Waals surface area contributed by atoms with Gasteiger partial charge in [0.2, 0.25) is 5.43 Å². The third kappa shape index (κ3) is 5.26. The predicted octanol–water partition coefficient (Wildman–Crippen LogP) is 5.34. The summed E-state index contributed by atoms with van der Waals surface area (Å²) in [5.41, 5.74) is 1.00. The molecule has 5 aromatic rings. The molecular formula is C29H23F2N5O5. The molecule has 0 atom stereocenters. The van der Waals surface area contributed by atoms with Crippen LogP contribution in [0.4, 0.5) is 14.5 Å². The second-order valence-electron chi connectivity index (χ2n) is 8.94. The maximum absolute atomic E-state index is 15.1. The number of ether oxygens (including phenoxy) is 3. The molecular weight excluding hydrogens is 536 g/mol. The minimum Gasteiger partial charge on any atom is -0.491 e. The number of carbonyl (C=O) groups excluding carboxylic acids is 1. The lowest BCUT2D eigenvalue weighted by atomic mass is 10.0. The number of aromatic nitrogens is 4. The third-order valence-corrected chi connectivity index (χ3v) is 6.25. The summed E-state index contributed by atoms with van der Waals surface area (Å²) in [6.07, 6.45) is 1.48. The number of H-pyrrole nitrogens is 1. The highest BCUT2D eigenvalue weighted by molar-refractivity contribution is 6.05. The number of nitrogens with zero attached hydrogens (tertiary/aromatic N) is 3. The van der Waals surface area contributed by atoms with Crippen molar-refractivity contribution in [3.05, 3.63) is 93.4 Å². The van der Waals surface area contributed by atoms with Crippen molar-refractivity contribution in [1.82, 2.24) is 20.2 Å². The first-order chi connectivity index (χ1) is 19.7. The van der Waals surface area contributed by atoms with Crippen LogP contribution in [0, 0.1) is 25.5 Å². The number of benzene rings is 2. The van der Waals surface area contributed by atoms with E-state index in [9.17, 15) is 14.0 Å². The van der Waals surface area contributed by atoms with E-state index in [0.29, 0.717) is 27.9 Å². The van der Waals surface area contributed by atoms with Crippen molar-refractivity contribution in [2.75, 3.05) is 19.5 Å². The first-order valence-electron chi connectivity index (χ1n) is 12.2. The lowest BCUT2D eigenvalue weighted by molar-refractivity contribution is 0.102. The molecule has 2 N–H and O–H groups in total. The summed E-state index contributed by atoms with van der Waals surface area (Å²) in [5.74, 6) is -1.36. The van der Waals surface area contributed by atoms with E-state index >= 15 is 4.39 Å². The Hall–Kier alpha value is -5.39. The van der Waals surface area contributed by atoms with Gasteiger partial charge in [-0.05, 0) is 49.7 Å². The zero-order valence-electron chi connectivity index (χ0n) is 22.3. The van der Waals surface area contributed by atoms with Gasteiger partial charge in [-0.15, -0.1) is 0 Å². The highest BCUT2D eigenvalue weighted by Crippen LogP contribution is 2.35. The summed E-state index contributed by atoms with van der Waals surface area (Å²) in [6.45, 7) is 3.14. The number of amides is 1. The Balaban J connectivity index is 1.41. The number of carbonyl (C=O) groups is 1. The molecule has 0 saturated heterocycles. The van der Waals surface area contributed by atoms with Crippen LogP contribution in [0.2, 0.25) is 0 Å². The number of pyridine rings is 2. The van der Waals surface area contributed by atoms with E-state index in [2.05, 4.69) is 25.5 Å². The van der Waals surface area contributed by atoms with Crippen LogP contribution in [0.1, 0.15) is 21.6 Å². The Bertz CT molecular complexity index is 1880. The molecule has 10 nitrogen and oxygen atoms in total. The van der Waals surface area contributed by atoms with Gasteiger partial charge >= 0.3 is 0 Å². The fraction of sp³-hybridized carbons (Fsp3) is 0.138. The minimum absolute atomic E-state index is 0.0411. The van der Waals surface area contributed by atoms with Gasteiger partial charge in [0.05, 0.1) is 19.7 Å². The van der Waals surface area contributed by atoms with E-state index in [1.165, 1.54) is 63.7 Å². The minimum atomic E-state index is -0.781. The first-order valence-corrected chi connectivity index (χ1v) is 12.2. The number of aromatic amines is 1. The van der Waals surface area contributed by atoms with Crippen molar-refractivity contribution in [3.8, 4) is 34.4 Å². The van der Waals surface area contributed by atoms with Crippen LogP contribution in [-0.2, 0) is 0 Å². The van der Waals surface area contributed by atoms with Crippen LogP contribution in [-0.4, -0.2) is 40.3 Å². The average molecular weight is 560 g/mol.